The van der Waals surface area contributed by atoms with Crippen LogP contribution in [-0.2, 0) is 13.0 Å². The molecule has 0 saturated carbocycles. The normalized spacial score (nSPS) is 10.5. The maximum absolute atomic E-state index is 12.6. The molecule has 2 aromatic heterocycles. The van der Waals surface area contributed by atoms with Crippen molar-refractivity contribution in [2.45, 2.75) is 19.9 Å². The van der Waals surface area contributed by atoms with Gasteiger partial charge in [-0.3, -0.25) is 9.78 Å². The third kappa shape index (κ3) is 5.16. The average molecular weight is 374 g/mol. The summed E-state index contributed by atoms with van der Waals surface area (Å²) in [5.41, 5.74) is 3.90. The van der Waals surface area contributed by atoms with Crippen LogP contribution in [-0.4, -0.2) is 40.9 Å². The highest BCUT2D eigenvalue weighted by atomic mass is 16.2. The van der Waals surface area contributed by atoms with Crippen LogP contribution in [0.5, 0.6) is 0 Å². The quantitative estimate of drug-likeness (QED) is 0.601. The number of likely N-dealkylation sites (N-methyl/N-ethyl adjacent to an activating group) is 1. The van der Waals surface area contributed by atoms with E-state index in [4.69, 9.17) is 0 Å². The molecular formula is C23H26N4O. The Morgan fingerprint density at radius 2 is 1.71 bits per heavy atom. The number of hydrogen-bond acceptors (Lipinski definition) is 4. The Morgan fingerprint density at radius 1 is 0.964 bits per heavy atom. The number of anilines is 1. The summed E-state index contributed by atoms with van der Waals surface area (Å²) >= 11 is 0. The van der Waals surface area contributed by atoms with Crippen LogP contribution in [0.1, 0.15) is 28.5 Å². The summed E-state index contributed by atoms with van der Waals surface area (Å²) in [4.78, 5) is 25.0. The fourth-order valence-corrected chi connectivity index (χ4v) is 3.03. The van der Waals surface area contributed by atoms with E-state index in [0.29, 0.717) is 12.2 Å². The van der Waals surface area contributed by atoms with Crippen LogP contribution >= 0.6 is 0 Å². The second kappa shape index (κ2) is 9.65. The Bertz CT molecular complexity index is 866. The molecule has 0 aliphatic heterocycles. The summed E-state index contributed by atoms with van der Waals surface area (Å²) in [7, 11) is 1.81. The molecule has 0 radical (unpaired) electrons. The topological polar surface area (TPSA) is 49.3 Å². The van der Waals surface area contributed by atoms with Gasteiger partial charge in [-0.1, -0.05) is 30.3 Å². The Balaban J connectivity index is 1.61. The highest BCUT2D eigenvalue weighted by Crippen LogP contribution is 2.17. The fraction of sp³-hybridized carbons (Fsp3) is 0.261. The van der Waals surface area contributed by atoms with Gasteiger partial charge in [0.25, 0.3) is 5.91 Å². The largest absolute Gasteiger partial charge is 0.366 e. The number of amides is 1. The Hall–Kier alpha value is -3.21. The van der Waals surface area contributed by atoms with Crippen molar-refractivity contribution < 1.29 is 4.79 Å². The molecule has 144 valence electrons. The van der Waals surface area contributed by atoms with Crippen molar-refractivity contribution in [2.24, 2.45) is 0 Å². The molecule has 0 bridgehead atoms. The van der Waals surface area contributed by atoms with E-state index >= 15 is 0 Å². The summed E-state index contributed by atoms with van der Waals surface area (Å²) in [6.45, 7) is 4.45. The summed E-state index contributed by atoms with van der Waals surface area (Å²) in [5.74, 6) is -0.0632. The van der Waals surface area contributed by atoms with E-state index in [1.165, 1.54) is 5.56 Å². The smallest absolute Gasteiger partial charge is 0.272 e. The zero-order valence-electron chi connectivity index (χ0n) is 16.5. The first-order valence-corrected chi connectivity index (χ1v) is 9.56. The van der Waals surface area contributed by atoms with Crippen LogP contribution in [0.2, 0.25) is 0 Å². The first kappa shape index (κ1) is 19.5. The molecule has 3 rings (SSSR count). The summed E-state index contributed by atoms with van der Waals surface area (Å²) in [6.07, 6.45) is 6.12. The van der Waals surface area contributed by atoms with Crippen LogP contribution in [0.4, 0.5) is 5.69 Å². The van der Waals surface area contributed by atoms with Crippen molar-refractivity contribution in [3.63, 3.8) is 0 Å². The standard InChI is InChI=1S/C23H26N4O/c1-3-27(18-20-7-5-4-6-8-20)21-9-10-22(25-17-21)23(28)26(2)16-13-19-11-14-24-15-12-19/h4-12,14-15,17H,3,13,16,18H2,1-2H3. The Labute approximate surface area is 166 Å². The van der Waals surface area contributed by atoms with Crippen molar-refractivity contribution in [3.8, 4) is 0 Å². The zero-order chi connectivity index (χ0) is 19.8. The molecule has 2 heterocycles. The van der Waals surface area contributed by atoms with Gasteiger partial charge in [0.2, 0.25) is 0 Å². The van der Waals surface area contributed by atoms with Crippen molar-refractivity contribution >= 4 is 11.6 Å². The van der Waals surface area contributed by atoms with Crippen LogP contribution in [0.15, 0.2) is 73.2 Å². The molecule has 1 aromatic carbocycles. The minimum Gasteiger partial charge on any atom is -0.366 e. The highest BCUT2D eigenvalue weighted by molar-refractivity contribution is 5.92. The van der Waals surface area contributed by atoms with Gasteiger partial charge < -0.3 is 9.80 Å². The maximum Gasteiger partial charge on any atom is 0.272 e. The van der Waals surface area contributed by atoms with Crippen LogP contribution < -0.4 is 4.90 Å². The molecular weight excluding hydrogens is 348 g/mol. The lowest BCUT2D eigenvalue weighted by Crippen LogP contribution is -2.29. The van der Waals surface area contributed by atoms with Gasteiger partial charge in [-0.15, -0.1) is 0 Å². The third-order valence-electron chi connectivity index (χ3n) is 4.76. The Kier molecular flexibility index (Phi) is 6.73. The maximum atomic E-state index is 12.6. The van der Waals surface area contributed by atoms with Crippen molar-refractivity contribution in [1.29, 1.82) is 0 Å². The van der Waals surface area contributed by atoms with Gasteiger partial charge in [-0.05, 0) is 48.7 Å². The summed E-state index contributed by atoms with van der Waals surface area (Å²) in [6, 6.07) is 18.1. The highest BCUT2D eigenvalue weighted by Gasteiger charge is 2.14. The molecule has 5 heteroatoms. The molecule has 0 aliphatic carbocycles. The number of pyridine rings is 2. The predicted octanol–water partition coefficient (Wildman–Crippen LogP) is 3.82. The van der Waals surface area contributed by atoms with E-state index < -0.39 is 0 Å². The van der Waals surface area contributed by atoms with Gasteiger partial charge in [0, 0.05) is 39.1 Å². The van der Waals surface area contributed by atoms with Crippen LogP contribution in [0, 0.1) is 0 Å². The van der Waals surface area contributed by atoms with E-state index in [0.717, 1.165) is 30.8 Å². The number of nitrogens with zero attached hydrogens (tertiary/aromatic N) is 4. The number of benzene rings is 1. The van der Waals surface area contributed by atoms with Gasteiger partial charge in [0.15, 0.2) is 0 Å². The number of carbonyl (C=O) groups excluding carboxylic acids is 1. The van der Waals surface area contributed by atoms with E-state index in [2.05, 4.69) is 33.9 Å². The molecule has 1 amide bonds. The molecule has 0 spiro atoms. The number of aromatic nitrogens is 2. The lowest BCUT2D eigenvalue weighted by atomic mass is 10.2. The Morgan fingerprint density at radius 3 is 2.36 bits per heavy atom. The van der Waals surface area contributed by atoms with Gasteiger partial charge in [0.05, 0.1) is 11.9 Å². The number of carbonyl (C=O) groups is 1. The van der Waals surface area contributed by atoms with Crippen molar-refractivity contribution in [1.82, 2.24) is 14.9 Å². The van der Waals surface area contributed by atoms with E-state index in [1.807, 2.05) is 49.5 Å². The monoisotopic (exact) mass is 374 g/mol. The third-order valence-corrected chi connectivity index (χ3v) is 4.76. The lowest BCUT2D eigenvalue weighted by molar-refractivity contribution is 0.0791. The predicted molar refractivity (Wildman–Crippen MR) is 112 cm³/mol. The van der Waals surface area contributed by atoms with E-state index in [1.54, 1.807) is 23.5 Å². The van der Waals surface area contributed by atoms with Gasteiger partial charge in [-0.2, -0.15) is 0 Å². The molecule has 0 N–H and O–H groups in total. The summed E-state index contributed by atoms with van der Waals surface area (Å²) in [5, 5.41) is 0. The number of rotatable bonds is 8. The molecule has 5 nitrogen and oxygen atoms in total. The second-order valence-corrected chi connectivity index (χ2v) is 6.73. The van der Waals surface area contributed by atoms with E-state index in [9.17, 15) is 4.79 Å². The van der Waals surface area contributed by atoms with Crippen LogP contribution in [0.3, 0.4) is 0 Å². The van der Waals surface area contributed by atoms with E-state index in [-0.39, 0.29) is 5.91 Å². The molecule has 0 fully saturated rings. The minimum atomic E-state index is -0.0632. The van der Waals surface area contributed by atoms with Crippen molar-refractivity contribution in [2.75, 3.05) is 25.0 Å². The number of hydrogen-bond donors (Lipinski definition) is 0. The molecule has 28 heavy (non-hydrogen) atoms. The molecule has 0 aliphatic rings. The van der Waals surface area contributed by atoms with Crippen LogP contribution in [0.25, 0.3) is 0 Å². The molecule has 0 atom stereocenters. The average Bonchev–Trinajstić information content (AvgIpc) is 2.77. The zero-order valence-corrected chi connectivity index (χ0v) is 16.5. The van der Waals surface area contributed by atoms with Gasteiger partial charge >= 0.3 is 0 Å². The first-order chi connectivity index (χ1) is 13.7. The minimum absolute atomic E-state index is 0.0632. The SMILES string of the molecule is CCN(Cc1ccccc1)c1ccc(C(=O)N(C)CCc2ccncc2)nc1. The summed E-state index contributed by atoms with van der Waals surface area (Å²) < 4.78 is 0. The van der Waals surface area contributed by atoms with Gasteiger partial charge in [0.1, 0.15) is 5.69 Å². The molecule has 3 aromatic rings. The van der Waals surface area contributed by atoms with Crippen molar-refractivity contribution in [3.05, 3.63) is 90.0 Å². The molecule has 0 saturated heterocycles. The van der Waals surface area contributed by atoms with Gasteiger partial charge in [-0.25, -0.2) is 4.98 Å². The molecule has 0 unspecified atom stereocenters. The second-order valence-electron chi connectivity index (χ2n) is 6.73. The fourth-order valence-electron chi connectivity index (χ4n) is 3.03. The lowest BCUT2D eigenvalue weighted by Gasteiger charge is -2.23. The first-order valence-electron chi connectivity index (χ1n) is 9.56.